The van der Waals surface area contributed by atoms with Gasteiger partial charge in [0.15, 0.2) is 0 Å². The lowest BCUT2D eigenvalue weighted by atomic mass is 9.92. The molecule has 2 aromatic carbocycles. The Morgan fingerprint density at radius 2 is 1.70 bits per heavy atom. The van der Waals surface area contributed by atoms with Crippen LogP contribution in [0.3, 0.4) is 0 Å². The molecule has 2 amide bonds. The number of para-hydroxylation sites is 1. The number of carbonyl (C=O) groups excluding carboxylic acids is 2. The highest BCUT2D eigenvalue weighted by Crippen LogP contribution is 2.31. The van der Waals surface area contributed by atoms with Gasteiger partial charge in [0.2, 0.25) is 17.8 Å². The fraction of sp³-hybridized carbons (Fsp3) is 0.250. The van der Waals surface area contributed by atoms with E-state index in [1.165, 1.54) is 0 Å². The Hall–Kier alpha value is -4.14. The molecule has 33 heavy (non-hydrogen) atoms. The molecule has 1 atom stereocenters. The quantitative estimate of drug-likeness (QED) is 0.555. The van der Waals surface area contributed by atoms with Crippen LogP contribution in [-0.4, -0.2) is 34.9 Å². The van der Waals surface area contributed by atoms with Gasteiger partial charge in [0.25, 0.3) is 5.56 Å². The largest absolute Gasteiger partial charge is 0.457 e. The fourth-order valence-electron chi connectivity index (χ4n) is 4.12. The van der Waals surface area contributed by atoms with Gasteiger partial charge in [-0.2, -0.15) is 4.98 Å². The second-order valence-corrected chi connectivity index (χ2v) is 8.08. The van der Waals surface area contributed by atoms with Crippen LogP contribution in [0, 0.1) is 0 Å². The minimum absolute atomic E-state index is 0.123. The van der Waals surface area contributed by atoms with Crippen molar-refractivity contribution in [3.8, 4) is 11.5 Å². The Bertz CT molecular complexity index is 1230. The number of ether oxygens (including phenoxy) is 1. The third kappa shape index (κ3) is 4.43. The molecule has 5 rings (SSSR count). The molecule has 3 aromatic rings. The predicted molar refractivity (Wildman–Crippen MR) is 124 cm³/mol. The van der Waals surface area contributed by atoms with Crippen LogP contribution in [0.25, 0.3) is 0 Å². The summed E-state index contributed by atoms with van der Waals surface area (Å²) in [5.41, 5.74) is 0.304. The van der Waals surface area contributed by atoms with Crippen LogP contribution in [-0.2, 0) is 9.59 Å². The molecule has 3 N–H and O–H groups in total. The van der Waals surface area contributed by atoms with E-state index in [0.29, 0.717) is 23.1 Å². The van der Waals surface area contributed by atoms with E-state index in [4.69, 9.17) is 4.74 Å². The summed E-state index contributed by atoms with van der Waals surface area (Å²) in [4.78, 5) is 47.4. The molecule has 1 unspecified atom stereocenters. The Balaban J connectivity index is 1.34. The summed E-state index contributed by atoms with van der Waals surface area (Å²) in [7, 11) is 0. The van der Waals surface area contributed by atoms with Crippen LogP contribution >= 0.6 is 0 Å². The van der Waals surface area contributed by atoms with E-state index in [1.54, 1.807) is 24.3 Å². The summed E-state index contributed by atoms with van der Waals surface area (Å²) < 4.78 is 5.76. The van der Waals surface area contributed by atoms with Gasteiger partial charge in [0, 0.05) is 25.2 Å². The number of hydrogen-bond donors (Lipinski definition) is 3. The normalized spacial score (nSPS) is 17.3. The predicted octanol–water partition coefficient (Wildman–Crippen LogP) is 3.23. The van der Waals surface area contributed by atoms with E-state index < -0.39 is 17.4 Å². The van der Waals surface area contributed by atoms with Crippen molar-refractivity contribution < 1.29 is 14.3 Å². The summed E-state index contributed by atoms with van der Waals surface area (Å²) in [6, 6.07) is 16.3. The van der Waals surface area contributed by atoms with E-state index in [0.717, 1.165) is 25.9 Å². The molecule has 3 heterocycles. The molecule has 0 aliphatic carbocycles. The molecule has 9 nitrogen and oxygen atoms in total. The van der Waals surface area contributed by atoms with E-state index >= 15 is 0 Å². The highest BCUT2D eigenvalue weighted by atomic mass is 16.5. The van der Waals surface area contributed by atoms with E-state index in [2.05, 4.69) is 20.6 Å². The fourth-order valence-corrected chi connectivity index (χ4v) is 4.12. The second-order valence-electron chi connectivity index (χ2n) is 8.08. The highest BCUT2D eigenvalue weighted by Gasteiger charge is 2.35. The van der Waals surface area contributed by atoms with E-state index in [-0.39, 0.29) is 23.7 Å². The molecule has 1 aromatic heterocycles. The van der Waals surface area contributed by atoms with Gasteiger partial charge in [-0.1, -0.05) is 18.2 Å². The Morgan fingerprint density at radius 1 is 1.00 bits per heavy atom. The number of H-pyrrole nitrogens is 1. The van der Waals surface area contributed by atoms with Crippen LogP contribution in [0.1, 0.15) is 30.7 Å². The molecule has 2 aliphatic heterocycles. The maximum absolute atomic E-state index is 13.0. The van der Waals surface area contributed by atoms with Crippen LogP contribution in [0.4, 0.5) is 17.5 Å². The summed E-state index contributed by atoms with van der Waals surface area (Å²) in [6.45, 7) is 1.59. The van der Waals surface area contributed by atoms with Crippen molar-refractivity contribution in [1.29, 1.82) is 0 Å². The lowest BCUT2D eigenvalue weighted by molar-refractivity contribution is -0.123. The number of anilines is 3. The molecule has 0 bridgehead atoms. The molecule has 0 saturated carbocycles. The number of benzene rings is 2. The third-order valence-corrected chi connectivity index (χ3v) is 5.76. The number of amides is 2. The summed E-state index contributed by atoms with van der Waals surface area (Å²) in [5.74, 6) is 0.188. The summed E-state index contributed by atoms with van der Waals surface area (Å²) in [6.07, 6.45) is 1.92. The third-order valence-electron chi connectivity index (χ3n) is 5.76. The number of fused-ring (bicyclic) bond motifs is 1. The van der Waals surface area contributed by atoms with Crippen molar-refractivity contribution in [2.75, 3.05) is 28.6 Å². The van der Waals surface area contributed by atoms with Crippen molar-refractivity contribution in [1.82, 2.24) is 9.97 Å². The molecule has 0 spiro atoms. The summed E-state index contributed by atoms with van der Waals surface area (Å²) >= 11 is 0. The first-order chi connectivity index (χ1) is 16.1. The van der Waals surface area contributed by atoms with E-state index in [9.17, 15) is 14.4 Å². The molecule has 2 aliphatic rings. The van der Waals surface area contributed by atoms with Crippen molar-refractivity contribution in [2.24, 2.45) is 0 Å². The first-order valence-corrected chi connectivity index (χ1v) is 10.9. The van der Waals surface area contributed by atoms with Gasteiger partial charge in [0.1, 0.15) is 17.3 Å². The molecule has 168 valence electrons. The van der Waals surface area contributed by atoms with Crippen molar-refractivity contribution in [3.63, 3.8) is 0 Å². The Kier molecular flexibility index (Phi) is 5.52. The maximum Gasteiger partial charge on any atom is 0.258 e. The highest BCUT2D eigenvalue weighted by molar-refractivity contribution is 6.04. The minimum Gasteiger partial charge on any atom is -0.457 e. The zero-order chi connectivity index (χ0) is 22.8. The molecule has 1 fully saturated rings. The topological polar surface area (TPSA) is 116 Å². The van der Waals surface area contributed by atoms with Crippen LogP contribution in [0.2, 0.25) is 0 Å². The lowest BCUT2D eigenvalue weighted by Gasteiger charge is -2.25. The number of rotatable bonds is 5. The first-order valence-electron chi connectivity index (χ1n) is 10.9. The van der Waals surface area contributed by atoms with Crippen LogP contribution in [0.15, 0.2) is 59.4 Å². The lowest BCUT2D eigenvalue weighted by Crippen LogP contribution is -2.37. The van der Waals surface area contributed by atoms with Gasteiger partial charge < -0.3 is 20.3 Å². The zero-order valence-corrected chi connectivity index (χ0v) is 17.8. The summed E-state index contributed by atoms with van der Waals surface area (Å²) in [5, 5.41) is 5.45. The number of nitrogens with one attached hydrogen (secondary N) is 3. The van der Waals surface area contributed by atoms with Crippen molar-refractivity contribution >= 4 is 29.3 Å². The second kappa shape index (κ2) is 8.78. The first kappa shape index (κ1) is 20.7. The molecular weight excluding hydrogens is 422 g/mol. The monoisotopic (exact) mass is 445 g/mol. The minimum atomic E-state index is -0.933. The van der Waals surface area contributed by atoms with Crippen LogP contribution < -0.4 is 25.8 Å². The Labute approximate surface area is 189 Å². The van der Waals surface area contributed by atoms with Crippen molar-refractivity contribution in [2.45, 2.75) is 25.2 Å². The van der Waals surface area contributed by atoms with Gasteiger partial charge in [-0.15, -0.1) is 0 Å². The van der Waals surface area contributed by atoms with Crippen molar-refractivity contribution in [3.05, 3.63) is 70.5 Å². The average molecular weight is 445 g/mol. The smallest absolute Gasteiger partial charge is 0.258 e. The van der Waals surface area contributed by atoms with E-state index in [1.807, 2.05) is 35.2 Å². The molecular formula is C24H23N5O4. The van der Waals surface area contributed by atoms with Gasteiger partial charge in [-0.05, 0) is 49.2 Å². The maximum atomic E-state index is 13.0. The SMILES string of the molecule is O=C1CC(C(=O)Nc2ccc(Oc3ccccc3)cc2)c2c(nc(N3CCCC3)[nH]c2=O)N1. The number of aromatic nitrogens is 2. The molecule has 0 radical (unpaired) electrons. The number of carbonyl (C=O) groups is 2. The molecule has 9 heteroatoms. The molecule has 1 saturated heterocycles. The number of nitrogens with zero attached hydrogens (tertiary/aromatic N) is 2. The number of hydrogen-bond acceptors (Lipinski definition) is 6. The van der Waals surface area contributed by atoms with Gasteiger partial charge in [0.05, 0.1) is 11.5 Å². The zero-order valence-electron chi connectivity index (χ0n) is 17.8. The van der Waals surface area contributed by atoms with Gasteiger partial charge in [-0.25, -0.2) is 0 Å². The van der Waals surface area contributed by atoms with Crippen LogP contribution in [0.5, 0.6) is 11.5 Å². The standard InChI is InChI=1S/C24H23N5O4/c30-19-14-18(20-21(26-19)27-24(28-23(20)32)29-12-4-5-13-29)22(31)25-15-8-10-17(11-9-15)33-16-6-2-1-3-7-16/h1-3,6-11,18H,4-5,12-14H2,(H,25,31)(H2,26,27,28,30,32). The van der Waals surface area contributed by atoms with Gasteiger partial charge >= 0.3 is 0 Å². The number of aromatic amines is 1. The van der Waals surface area contributed by atoms with Gasteiger partial charge in [-0.3, -0.25) is 19.4 Å². The Morgan fingerprint density at radius 3 is 2.42 bits per heavy atom. The average Bonchev–Trinajstić information content (AvgIpc) is 3.35.